The van der Waals surface area contributed by atoms with Crippen molar-refractivity contribution in [3.05, 3.63) is 16.7 Å². The minimum atomic E-state index is -3.56. The van der Waals surface area contributed by atoms with Crippen LogP contribution in [0.3, 0.4) is 0 Å². The van der Waals surface area contributed by atoms with Crippen LogP contribution in [0.5, 0.6) is 0 Å². The lowest BCUT2D eigenvalue weighted by molar-refractivity contribution is 0.250. The normalized spacial score (nSPS) is 16.6. The number of anilines is 1. The first-order valence-corrected chi connectivity index (χ1v) is 8.59. The second kappa shape index (κ2) is 5.76. The fourth-order valence-corrected chi connectivity index (χ4v) is 4.24. The van der Waals surface area contributed by atoms with Crippen molar-refractivity contribution in [1.82, 2.24) is 9.29 Å². The van der Waals surface area contributed by atoms with Crippen molar-refractivity contribution >= 4 is 31.8 Å². The van der Waals surface area contributed by atoms with E-state index in [0.29, 0.717) is 23.5 Å². The summed E-state index contributed by atoms with van der Waals surface area (Å²) in [7, 11) is -3.56. The number of aromatic nitrogens is 1. The van der Waals surface area contributed by atoms with Gasteiger partial charge in [-0.15, -0.1) is 0 Å². The van der Waals surface area contributed by atoms with Gasteiger partial charge in [-0.05, 0) is 40.8 Å². The zero-order chi connectivity index (χ0) is 14.0. The van der Waals surface area contributed by atoms with E-state index in [2.05, 4.69) is 20.9 Å². The van der Waals surface area contributed by atoms with Gasteiger partial charge < -0.3 is 5.73 Å². The summed E-state index contributed by atoms with van der Waals surface area (Å²) in [5.41, 5.74) is 5.71. The van der Waals surface area contributed by atoms with E-state index in [-0.39, 0.29) is 10.7 Å². The highest BCUT2D eigenvalue weighted by atomic mass is 79.9. The number of nitrogen functional groups attached to an aromatic ring is 1. The molecule has 0 saturated heterocycles. The van der Waals surface area contributed by atoms with Crippen molar-refractivity contribution < 1.29 is 8.42 Å². The highest BCUT2D eigenvalue weighted by Crippen LogP contribution is 2.30. The Kier molecular flexibility index (Phi) is 4.47. The minimum Gasteiger partial charge on any atom is -0.383 e. The molecular formula is C12H18BrN3O2S. The molecule has 0 aliphatic heterocycles. The van der Waals surface area contributed by atoms with Crippen LogP contribution in [0, 0.1) is 5.92 Å². The van der Waals surface area contributed by atoms with Gasteiger partial charge in [0.05, 0.1) is 0 Å². The predicted molar refractivity (Wildman–Crippen MR) is 78.1 cm³/mol. The van der Waals surface area contributed by atoms with Crippen LogP contribution in [0.25, 0.3) is 0 Å². The van der Waals surface area contributed by atoms with Crippen LogP contribution in [0.2, 0.25) is 0 Å². The third-order valence-electron chi connectivity index (χ3n) is 3.51. The van der Waals surface area contributed by atoms with Gasteiger partial charge in [0.1, 0.15) is 10.7 Å². The van der Waals surface area contributed by atoms with Crippen LogP contribution >= 0.6 is 15.9 Å². The Labute approximate surface area is 122 Å². The molecule has 1 aromatic heterocycles. The first-order valence-electron chi connectivity index (χ1n) is 6.36. The summed E-state index contributed by atoms with van der Waals surface area (Å²) in [6, 6.07) is 1.51. The molecule has 1 aromatic rings. The number of halogens is 1. The average Bonchev–Trinajstić information content (AvgIpc) is 2.30. The van der Waals surface area contributed by atoms with Crippen LogP contribution in [0.15, 0.2) is 21.6 Å². The smallest absolute Gasteiger partial charge is 0.246 e. The Morgan fingerprint density at radius 2 is 2.21 bits per heavy atom. The molecule has 5 nitrogen and oxygen atoms in total. The van der Waals surface area contributed by atoms with Crippen LogP contribution in [0.1, 0.15) is 26.2 Å². The molecular weight excluding hydrogens is 330 g/mol. The first kappa shape index (κ1) is 14.7. The summed E-state index contributed by atoms with van der Waals surface area (Å²) in [5.74, 6) is 0.534. The molecule has 0 radical (unpaired) electrons. The number of nitrogens with zero attached hydrogens (tertiary/aromatic N) is 2. The Morgan fingerprint density at radius 1 is 1.53 bits per heavy atom. The van der Waals surface area contributed by atoms with Gasteiger partial charge in [-0.2, -0.15) is 4.31 Å². The molecule has 0 amide bonds. The number of nitrogens with two attached hydrogens (primary N) is 1. The zero-order valence-electron chi connectivity index (χ0n) is 10.8. The third kappa shape index (κ3) is 3.09. The first-order chi connectivity index (χ1) is 8.95. The van der Waals surface area contributed by atoms with Crippen LogP contribution in [-0.2, 0) is 10.0 Å². The second-order valence-electron chi connectivity index (χ2n) is 4.79. The minimum absolute atomic E-state index is 0.0512. The van der Waals surface area contributed by atoms with E-state index in [1.165, 1.54) is 23.0 Å². The molecule has 2 N–H and O–H groups in total. The van der Waals surface area contributed by atoms with E-state index in [0.717, 1.165) is 12.8 Å². The Morgan fingerprint density at radius 3 is 2.74 bits per heavy atom. The molecule has 0 spiro atoms. The van der Waals surface area contributed by atoms with E-state index in [4.69, 9.17) is 5.73 Å². The van der Waals surface area contributed by atoms with Gasteiger partial charge in [0.25, 0.3) is 0 Å². The highest BCUT2D eigenvalue weighted by Gasteiger charge is 2.30. The van der Waals surface area contributed by atoms with E-state index >= 15 is 0 Å². The maximum atomic E-state index is 12.6. The summed E-state index contributed by atoms with van der Waals surface area (Å²) < 4.78 is 27.3. The third-order valence-corrected chi connectivity index (χ3v) is 5.91. The number of sulfonamides is 1. The van der Waals surface area contributed by atoms with Gasteiger partial charge in [-0.25, -0.2) is 13.4 Å². The highest BCUT2D eigenvalue weighted by molar-refractivity contribution is 9.10. The van der Waals surface area contributed by atoms with Crippen molar-refractivity contribution in [2.45, 2.75) is 31.1 Å². The van der Waals surface area contributed by atoms with Crippen molar-refractivity contribution in [2.24, 2.45) is 5.92 Å². The van der Waals surface area contributed by atoms with E-state index < -0.39 is 10.0 Å². The molecule has 7 heteroatoms. The van der Waals surface area contributed by atoms with E-state index in [9.17, 15) is 8.42 Å². The van der Waals surface area contributed by atoms with Crippen LogP contribution in [0.4, 0.5) is 5.82 Å². The number of rotatable bonds is 5. The van der Waals surface area contributed by atoms with Gasteiger partial charge in [0, 0.05) is 23.8 Å². The largest absolute Gasteiger partial charge is 0.383 e. The summed E-state index contributed by atoms with van der Waals surface area (Å²) in [4.78, 5) is 3.99. The molecule has 1 heterocycles. The predicted octanol–water partition coefficient (Wildman–Crippen LogP) is 2.24. The van der Waals surface area contributed by atoms with Gasteiger partial charge in [-0.3, -0.25) is 0 Å². The number of hydrogen-bond acceptors (Lipinski definition) is 4. The fourth-order valence-electron chi connectivity index (χ4n) is 2.14. The molecule has 1 aliphatic carbocycles. The van der Waals surface area contributed by atoms with Gasteiger partial charge in [0.2, 0.25) is 10.0 Å². The SMILES string of the molecule is CCN(CC1CCC1)S(=O)(=O)c1cc(Br)cnc1N. The molecule has 106 valence electrons. The van der Waals surface area contributed by atoms with Gasteiger partial charge >= 0.3 is 0 Å². The molecule has 0 atom stereocenters. The summed E-state index contributed by atoms with van der Waals surface area (Å²) in [6.45, 7) is 2.87. The fraction of sp³-hybridized carbons (Fsp3) is 0.583. The van der Waals surface area contributed by atoms with Gasteiger partial charge in [0.15, 0.2) is 0 Å². The molecule has 0 unspecified atom stereocenters. The van der Waals surface area contributed by atoms with Crippen molar-refractivity contribution in [2.75, 3.05) is 18.8 Å². The maximum absolute atomic E-state index is 12.6. The molecule has 2 rings (SSSR count). The lowest BCUT2D eigenvalue weighted by Crippen LogP contribution is -2.37. The zero-order valence-corrected chi connectivity index (χ0v) is 13.2. The van der Waals surface area contributed by atoms with Crippen LogP contribution < -0.4 is 5.73 Å². The quantitative estimate of drug-likeness (QED) is 0.885. The standard InChI is InChI=1S/C12H18BrN3O2S/c1-2-16(8-9-4-3-5-9)19(17,18)11-6-10(13)7-15-12(11)14/h6-7,9H,2-5,8H2,1H3,(H2,14,15). The Balaban J connectivity index is 2.30. The average molecular weight is 348 g/mol. The van der Waals surface area contributed by atoms with Crippen molar-refractivity contribution in [1.29, 1.82) is 0 Å². The summed E-state index contributed by atoms with van der Waals surface area (Å²) in [5, 5.41) is 0. The second-order valence-corrected chi connectivity index (χ2v) is 7.61. The lowest BCUT2D eigenvalue weighted by atomic mass is 9.85. The Hall–Kier alpha value is -0.660. The molecule has 19 heavy (non-hydrogen) atoms. The van der Waals surface area contributed by atoms with E-state index in [1.54, 1.807) is 0 Å². The number of pyridine rings is 1. The molecule has 0 bridgehead atoms. The number of hydrogen-bond donors (Lipinski definition) is 1. The monoisotopic (exact) mass is 347 g/mol. The molecule has 1 aliphatic rings. The molecule has 1 saturated carbocycles. The topological polar surface area (TPSA) is 76.3 Å². The van der Waals surface area contributed by atoms with Crippen LogP contribution in [-0.4, -0.2) is 30.8 Å². The Bertz CT molecular complexity index is 558. The molecule has 0 aromatic carbocycles. The van der Waals surface area contributed by atoms with Crippen molar-refractivity contribution in [3.63, 3.8) is 0 Å². The molecule has 1 fully saturated rings. The van der Waals surface area contributed by atoms with E-state index in [1.807, 2.05) is 6.92 Å². The van der Waals surface area contributed by atoms with Crippen molar-refractivity contribution in [3.8, 4) is 0 Å². The van der Waals surface area contributed by atoms with Gasteiger partial charge in [-0.1, -0.05) is 13.3 Å². The summed E-state index contributed by atoms with van der Waals surface area (Å²) in [6.07, 6.45) is 4.91. The summed E-state index contributed by atoms with van der Waals surface area (Å²) >= 11 is 3.23. The lowest BCUT2D eigenvalue weighted by Gasteiger charge is -2.31. The maximum Gasteiger partial charge on any atom is 0.246 e.